The van der Waals surface area contributed by atoms with E-state index < -0.39 is 0 Å². The summed E-state index contributed by atoms with van der Waals surface area (Å²) < 4.78 is 6.51. The lowest BCUT2D eigenvalue weighted by atomic mass is 10.2. The highest BCUT2D eigenvalue weighted by Gasteiger charge is 2.17. The third-order valence-corrected chi connectivity index (χ3v) is 5.83. The molecule has 0 saturated heterocycles. The average Bonchev–Trinajstić information content (AvgIpc) is 3.38. The summed E-state index contributed by atoms with van der Waals surface area (Å²) in [5.41, 5.74) is 1.38. The predicted molar refractivity (Wildman–Crippen MR) is 111 cm³/mol. The first kappa shape index (κ1) is 19.4. The normalized spacial score (nSPS) is 14.2. The second-order valence-electron chi connectivity index (χ2n) is 7.19. The Balaban J connectivity index is 1.33. The monoisotopic (exact) mass is 413 g/mol. The van der Waals surface area contributed by atoms with Crippen LogP contribution in [0.1, 0.15) is 37.1 Å². The SMILES string of the molecule is CN(Cc1nc2ccsc2c(=O)[nH]1)C(=O)NCc1ccnc(OC2CCCC2)c1. The Morgan fingerprint density at radius 2 is 2.21 bits per heavy atom. The molecular formula is C20H23N5O3S. The molecule has 0 atom stereocenters. The van der Waals surface area contributed by atoms with Crippen LogP contribution in [0.2, 0.25) is 0 Å². The smallest absolute Gasteiger partial charge is 0.317 e. The van der Waals surface area contributed by atoms with Gasteiger partial charge in [-0.05, 0) is 48.8 Å². The van der Waals surface area contributed by atoms with Gasteiger partial charge >= 0.3 is 6.03 Å². The quantitative estimate of drug-likeness (QED) is 0.647. The van der Waals surface area contributed by atoms with Gasteiger partial charge in [0, 0.05) is 25.9 Å². The van der Waals surface area contributed by atoms with Crippen LogP contribution >= 0.6 is 11.3 Å². The van der Waals surface area contributed by atoms with Crippen molar-refractivity contribution in [3.8, 4) is 5.88 Å². The largest absolute Gasteiger partial charge is 0.474 e. The fourth-order valence-electron chi connectivity index (χ4n) is 3.41. The summed E-state index contributed by atoms with van der Waals surface area (Å²) in [6.45, 7) is 0.569. The number of hydrogen-bond acceptors (Lipinski definition) is 6. The second-order valence-corrected chi connectivity index (χ2v) is 8.11. The number of nitrogens with zero attached hydrogens (tertiary/aromatic N) is 3. The molecule has 0 radical (unpaired) electrons. The number of carbonyl (C=O) groups excluding carboxylic acids is 1. The van der Waals surface area contributed by atoms with Gasteiger partial charge in [0.1, 0.15) is 16.6 Å². The molecule has 0 spiro atoms. The number of urea groups is 1. The van der Waals surface area contributed by atoms with Crippen molar-refractivity contribution >= 4 is 27.6 Å². The summed E-state index contributed by atoms with van der Waals surface area (Å²) in [6.07, 6.45) is 6.48. The van der Waals surface area contributed by atoms with E-state index in [9.17, 15) is 9.59 Å². The number of hydrogen-bond donors (Lipinski definition) is 2. The minimum absolute atomic E-state index is 0.180. The van der Waals surface area contributed by atoms with Gasteiger partial charge in [0.05, 0.1) is 12.1 Å². The first-order valence-electron chi connectivity index (χ1n) is 9.65. The number of aromatic amines is 1. The fraction of sp³-hybridized carbons (Fsp3) is 0.400. The van der Waals surface area contributed by atoms with Gasteiger partial charge in [-0.15, -0.1) is 11.3 Å². The van der Waals surface area contributed by atoms with E-state index >= 15 is 0 Å². The number of rotatable bonds is 6. The third kappa shape index (κ3) is 4.73. The van der Waals surface area contributed by atoms with Crippen molar-refractivity contribution in [1.29, 1.82) is 0 Å². The van der Waals surface area contributed by atoms with Crippen molar-refractivity contribution < 1.29 is 9.53 Å². The molecule has 29 heavy (non-hydrogen) atoms. The van der Waals surface area contributed by atoms with E-state index in [0.717, 1.165) is 18.4 Å². The molecular weight excluding hydrogens is 390 g/mol. The Kier molecular flexibility index (Phi) is 5.75. The molecule has 8 nitrogen and oxygen atoms in total. The number of carbonyl (C=O) groups is 1. The zero-order valence-electron chi connectivity index (χ0n) is 16.2. The van der Waals surface area contributed by atoms with Crippen LogP contribution < -0.4 is 15.6 Å². The van der Waals surface area contributed by atoms with E-state index in [1.165, 1.54) is 29.1 Å². The van der Waals surface area contributed by atoms with Crippen molar-refractivity contribution in [2.24, 2.45) is 0 Å². The van der Waals surface area contributed by atoms with Gasteiger partial charge in [-0.25, -0.2) is 14.8 Å². The maximum atomic E-state index is 12.4. The van der Waals surface area contributed by atoms with Crippen molar-refractivity contribution in [3.63, 3.8) is 0 Å². The van der Waals surface area contributed by atoms with E-state index in [1.54, 1.807) is 19.3 Å². The maximum Gasteiger partial charge on any atom is 0.317 e. The molecule has 1 saturated carbocycles. The van der Waals surface area contributed by atoms with Gasteiger partial charge < -0.3 is 19.9 Å². The van der Waals surface area contributed by atoms with Gasteiger partial charge in [0.25, 0.3) is 5.56 Å². The Bertz CT molecular complexity index is 1060. The van der Waals surface area contributed by atoms with Gasteiger partial charge in [-0.2, -0.15) is 0 Å². The third-order valence-electron chi connectivity index (χ3n) is 4.93. The predicted octanol–water partition coefficient (Wildman–Crippen LogP) is 3.04. The fourth-order valence-corrected chi connectivity index (χ4v) is 4.13. The van der Waals surface area contributed by atoms with Gasteiger partial charge in [-0.3, -0.25) is 4.79 Å². The number of nitrogens with one attached hydrogen (secondary N) is 2. The molecule has 4 rings (SSSR count). The Morgan fingerprint density at radius 1 is 1.38 bits per heavy atom. The number of pyridine rings is 1. The highest BCUT2D eigenvalue weighted by molar-refractivity contribution is 7.17. The topological polar surface area (TPSA) is 100 Å². The van der Waals surface area contributed by atoms with E-state index in [4.69, 9.17) is 4.74 Å². The van der Waals surface area contributed by atoms with Gasteiger partial charge in [0.2, 0.25) is 5.88 Å². The maximum absolute atomic E-state index is 12.4. The molecule has 0 aromatic carbocycles. The van der Waals surface area contributed by atoms with Crippen molar-refractivity contribution in [1.82, 2.24) is 25.2 Å². The zero-order valence-corrected chi connectivity index (χ0v) is 17.0. The minimum Gasteiger partial charge on any atom is -0.474 e. The summed E-state index contributed by atoms with van der Waals surface area (Å²) in [4.78, 5) is 37.4. The second kappa shape index (κ2) is 8.60. The Labute approximate surface area is 171 Å². The minimum atomic E-state index is -0.256. The number of thiophene rings is 1. The van der Waals surface area contributed by atoms with E-state index in [0.29, 0.717) is 28.5 Å². The number of amides is 2. The lowest BCUT2D eigenvalue weighted by Gasteiger charge is -2.18. The van der Waals surface area contributed by atoms with Crippen molar-refractivity contribution in [2.45, 2.75) is 44.9 Å². The molecule has 2 amide bonds. The number of aromatic nitrogens is 3. The van der Waals surface area contributed by atoms with Crippen LogP contribution in [0, 0.1) is 0 Å². The molecule has 3 aromatic heterocycles. The molecule has 0 aliphatic heterocycles. The Morgan fingerprint density at radius 3 is 3.03 bits per heavy atom. The average molecular weight is 414 g/mol. The highest BCUT2D eigenvalue weighted by Crippen LogP contribution is 2.23. The number of ether oxygens (including phenoxy) is 1. The van der Waals surface area contributed by atoms with E-state index in [-0.39, 0.29) is 24.2 Å². The lowest BCUT2D eigenvalue weighted by Crippen LogP contribution is -2.37. The Hall–Kier alpha value is -2.94. The zero-order chi connectivity index (χ0) is 20.2. The molecule has 152 valence electrons. The molecule has 0 bridgehead atoms. The standard InChI is InChI=1S/C20H23N5O3S/c1-25(12-16-23-15-7-9-29-18(15)19(26)24-16)20(27)22-11-13-6-8-21-17(10-13)28-14-4-2-3-5-14/h6-10,14H,2-5,11-12H2,1H3,(H,22,27)(H,23,24,26). The van der Waals surface area contributed by atoms with Crippen LogP contribution in [0.25, 0.3) is 10.2 Å². The summed E-state index contributed by atoms with van der Waals surface area (Å²) >= 11 is 1.35. The van der Waals surface area contributed by atoms with Crippen LogP contribution in [0.3, 0.4) is 0 Å². The molecule has 0 unspecified atom stereocenters. The molecule has 1 aliphatic rings. The van der Waals surface area contributed by atoms with Crippen LogP contribution in [0.4, 0.5) is 4.79 Å². The summed E-state index contributed by atoms with van der Waals surface area (Å²) in [7, 11) is 1.66. The number of fused-ring (bicyclic) bond motifs is 1. The van der Waals surface area contributed by atoms with Crippen molar-refractivity contribution in [3.05, 3.63) is 51.5 Å². The first-order valence-corrected chi connectivity index (χ1v) is 10.5. The molecule has 9 heteroatoms. The first-order chi connectivity index (χ1) is 14.1. The summed E-state index contributed by atoms with van der Waals surface area (Å²) in [5.74, 6) is 1.05. The van der Waals surface area contributed by atoms with Gasteiger partial charge in [-0.1, -0.05) is 0 Å². The lowest BCUT2D eigenvalue weighted by molar-refractivity contribution is 0.200. The van der Waals surface area contributed by atoms with Gasteiger partial charge in [0.15, 0.2) is 0 Å². The van der Waals surface area contributed by atoms with E-state index in [2.05, 4.69) is 20.3 Å². The summed E-state index contributed by atoms with van der Waals surface area (Å²) in [5, 5.41) is 4.70. The molecule has 3 heterocycles. The molecule has 3 aromatic rings. The number of H-pyrrole nitrogens is 1. The van der Waals surface area contributed by atoms with Crippen LogP contribution in [0.15, 0.2) is 34.6 Å². The molecule has 2 N–H and O–H groups in total. The van der Waals surface area contributed by atoms with Crippen molar-refractivity contribution in [2.75, 3.05) is 7.05 Å². The molecule has 1 fully saturated rings. The van der Waals surface area contributed by atoms with Crippen LogP contribution in [-0.2, 0) is 13.1 Å². The summed E-state index contributed by atoms with van der Waals surface area (Å²) in [6, 6.07) is 5.26. The highest BCUT2D eigenvalue weighted by atomic mass is 32.1. The van der Waals surface area contributed by atoms with Crippen LogP contribution in [-0.4, -0.2) is 39.0 Å². The van der Waals surface area contributed by atoms with Crippen LogP contribution in [0.5, 0.6) is 5.88 Å². The van der Waals surface area contributed by atoms with E-state index in [1.807, 2.05) is 17.5 Å². The molecule has 1 aliphatic carbocycles.